The average Bonchev–Trinajstić information content (AvgIpc) is 2.45. The standard InChI is InChI=1S/C18H36O3S.Li.H/c1-2-3-4-5-6-7-8-9-10-11-12-13-14-15-16-17-18-22(19,20)21;;/h17-18H,2-16H2,1H3,(H,19,20,21);;/q;+1;-1. The summed E-state index contributed by atoms with van der Waals surface area (Å²) in [4.78, 5) is 0. The van der Waals surface area contributed by atoms with Crippen molar-refractivity contribution in [1.82, 2.24) is 0 Å². The van der Waals surface area contributed by atoms with Crippen molar-refractivity contribution in [3.05, 3.63) is 11.5 Å². The summed E-state index contributed by atoms with van der Waals surface area (Å²) in [6, 6.07) is 0. The summed E-state index contributed by atoms with van der Waals surface area (Å²) in [5.74, 6) is 0. The van der Waals surface area contributed by atoms with Crippen molar-refractivity contribution in [3.63, 3.8) is 0 Å². The van der Waals surface area contributed by atoms with E-state index in [2.05, 4.69) is 6.92 Å². The van der Waals surface area contributed by atoms with Crippen molar-refractivity contribution in [3.8, 4) is 0 Å². The minimum Gasteiger partial charge on any atom is -1.00 e. The molecule has 0 amide bonds. The van der Waals surface area contributed by atoms with Crippen LogP contribution in [-0.4, -0.2) is 13.0 Å². The summed E-state index contributed by atoms with van der Waals surface area (Å²) < 4.78 is 29.4. The van der Waals surface area contributed by atoms with Crippen LogP contribution in [0, 0.1) is 0 Å². The van der Waals surface area contributed by atoms with Gasteiger partial charge in [0.25, 0.3) is 10.1 Å². The van der Waals surface area contributed by atoms with Gasteiger partial charge in [-0.3, -0.25) is 4.55 Å². The van der Waals surface area contributed by atoms with E-state index in [1.54, 1.807) is 0 Å². The van der Waals surface area contributed by atoms with Crippen LogP contribution in [0.25, 0.3) is 0 Å². The van der Waals surface area contributed by atoms with Crippen LogP contribution in [0.5, 0.6) is 0 Å². The zero-order valence-electron chi connectivity index (χ0n) is 16.4. The zero-order chi connectivity index (χ0) is 16.5. The van der Waals surface area contributed by atoms with Gasteiger partial charge in [0.05, 0.1) is 5.41 Å². The van der Waals surface area contributed by atoms with Crippen molar-refractivity contribution in [1.29, 1.82) is 0 Å². The van der Waals surface area contributed by atoms with Gasteiger partial charge in [-0.05, 0) is 12.8 Å². The Morgan fingerprint density at radius 1 is 0.739 bits per heavy atom. The molecule has 0 heterocycles. The van der Waals surface area contributed by atoms with E-state index in [1.807, 2.05) is 0 Å². The van der Waals surface area contributed by atoms with E-state index in [9.17, 15) is 8.42 Å². The van der Waals surface area contributed by atoms with Crippen molar-refractivity contribution >= 4 is 10.1 Å². The molecule has 23 heavy (non-hydrogen) atoms. The molecule has 0 aliphatic carbocycles. The molecule has 0 aromatic rings. The first-order chi connectivity index (χ1) is 10.6. The average molecular weight is 340 g/mol. The van der Waals surface area contributed by atoms with Crippen LogP contribution in [0.15, 0.2) is 11.5 Å². The predicted octanol–water partition coefficient (Wildman–Crippen LogP) is 3.38. The molecular formula is C18H37LiO3S. The summed E-state index contributed by atoms with van der Waals surface area (Å²) in [6.45, 7) is 2.26. The van der Waals surface area contributed by atoms with Gasteiger partial charge < -0.3 is 1.43 Å². The minimum atomic E-state index is -3.92. The summed E-state index contributed by atoms with van der Waals surface area (Å²) in [6.07, 6.45) is 20.8. The molecule has 0 spiro atoms. The van der Waals surface area contributed by atoms with E-state index < -0.39 is 10.1 Å². The molecule has 0 fully saturated rings. The van der Waals surface area contributed by atoms with Gasteiger partial charge in [-0.25, -0.2) is 0 Å². The van der Waals surface area contributed by atoms with Gasteiger partial charge in [-0.1, -0.05) is 96.5 Å². The Morgan fingerprint density at radius 3 is 1.43 bits per heavy atom. The fourth-order valence-corrected chi connectivity index (χ4v) is 3.03. The van der Waals surface area contributed by atoms with Crippen LogP contribution in [0.2, 0.25) is 0 Å². The van der Waals surface area contributed by atoms with Crippen molar-refractivity contribution in [2.75, 3.05) is 0 Å². The Kier molecular flexibility index (Phi) is 20.6. The van der Waals surface area contributed by atoms with E-state index in [-0.39, 0.29) is 20.3 Å². The molecule has 0 saturated carbocycles. The van der Waals surface area contributed by atoms with Crippen LogP contribution >= 0.6 is 0 Å². The van der Waals surface area contributed by atoms with Gasteiger partial charge in [0.1, 0.15) is 0 Å². The maximum Gasteiger partial charge on any atom is 1.00 e. The van der Waals surface area contributed by atoms with Crippen LogP contribution in [0.4, 0.5) is 0 Å². The molecule has 0 aromatic carbocycles. The second kappa shape index (κ2) is 18.6. The molecule has 5 heteroatoms. The van der Waals surface area contributed by atoms with Crippen molar-refractivity contribution in [2.45, 2.75) is 103 Å². The fourth-order valence-electron chi connectivity index (χ4n) is 2.65. The maximum atomic E-state index is 10.4. The largest absolute Gasteiger partial charge is 1.00 e. The minimum absolute atomic E-state index is 0. The molecule has 0 rings (SSSR count). The van der Waals surface area contributed by atoms with E-state index >= 15 is 0 Å². The molecule has 0 saturated heterocycles. The van der Waals surface area contributed by atoms with Crippen LogP contribution < -0.4 is 18.9 Å². The summed E-state index contributed by atoms with van der Waals surface area (Å²) in [5, 5.41) is 0.884. The van der Waals surface area contributed by atoms with Gasteiger partial charge in [0.15, 0.2) is 0 Å². The molecule has 0 atom stereocenters. The molecule has 0 unspecified atom stereocenters. The Balaban J connectivity index is -0.00000220. The van der Waals surface area contributed by atoms with E-state index in [4.69, 9.17) is 4.55 Å². The molecule has 0 aliphatic rings. The molecular weight excluding hydrogens is 303 g/mol. The Hall–Kier alpha value is 0.247. The molecule has 1 N–H and O–H groups in total. The smallest absolute Gasteiger partial charge is 1.00 e. The predicted molar refractivity (Wildman–Crippen MR) is 96.7 cm³/mol. The Bertz CT molecular complexity index is 359. The molecule has 0 bridgehead atoms. The Morgan fingerprint density at radius 2 is 1.09 bits per heavy atom. The number of unbranched alkanes of at least 4 members (excludes halogenated alkanes) is 14. The second-order valence-corrected chi connectivity index (χ2v) is 7.57. The first kappa shape index (κ1) is 25.5. The first-order valence-electron chi connectivity index (χ1n) is 9.20. The summed E-state index contributed by atoms with van der Waals surface area (Å²) in [5.41, 5.74) is 0. The summed E-state index contributed by atoms with van der Waals surface area (Å²) >= 11 is 0. The van der Waals surface area contributed by atoms with Gasteiger partial charge in [0.2, 0.25) is 0 Å². The molecule has 0 aliphatic heterocycles. The van der Waals surface area contributed by atoms with Gasteiger partial charge in [0, 0.05) is 0 Å². The van der Waals surface area contributed by atoms with E-state index in [1.165, 1.54) is 83.1 Å². The zero-order valence-corrected chi connectivity index (χ0v) is 16.2. The van der Waals surface area contributed by atoms with E-state index in [0.29, 0.717) is 0 Å². The van der Waals surface area contributed by atoms with Crippen LogP contribution in [-0.2, 0) is 10.1 Å². The van der Waals surface area contributed by atoms with Crippen LogP contribution in [0.3, 0.4) is 0 Å². The molecule has 0 aromatic heterocycles. The van der Waals surface area contributed by atoms with Crippen molar-refractivity contribution < 1.29 is 33.3 Å². The molecule has 0 radical (unpaired) electrons. The van der Waals surface area contributed by atoms with Gasteiger partial charge in [-0.15, -0.1) is 0 Å². The third-order valence-electron chi connectivity index (χ3n) is 3.99. The monoisotopic (exact) mass is 340 g/mol. The first-order valence-corrected chi connectivity index (χ1v) is 10.7. The van der Waals surface area contributed by atoms with Crippen LogP contribution in [0.1, 0.15) is 105 Å². The molecule has 3 nitrogen and oxygen atoms in total. The van der Waals surface area contributed by atoms with E-state index in [0.717, 1.165) is 24.7 Å². The number of rotatable bonds is 16. The van der Waals surface area contributed by atoms with Gasteiger partial charge >= 0.3 is 18.9 Å². The second-order valence-electron chi connectivity index (χ2n) is 6.27. The van der Waals surface area contributed by atoms with Crippen molar-refractivity contribution in [2.24, 2.45) is 0 Å². The van der Waals surface area contributed by atoms with Gasteiger partial charge in [-0.2, -0.15) is 8.42 Å². The summed E-state index contributed by atoms with van der Waals surface area (Å²) in [7, 11) is -3.92. The normalized spacial score (nSPS) is 11.7. The third-order valence-corrected chi connectivity index (χ3v) is 4.53. The third kappa shape index (κ3) is 24.6. The number of hydrogen-bond donors (Lipinski definition) is 1. The topological polar surface area (TPSA) is 54.4 Å². The quantitative estimate of drug-likeness (QED) is 0.266. The SMILES string of the molecule is CCCCCCCCCCCCCCCCC=CS(=O)(=O)O.[H-].[Li+]. The number of hydrogen-bond acceptors (Lipinski definition) is 2. The fraction of sp³-hybridized carbons (Fsp3) is 0.889. The number of allylic oxidation sites excluding steroid dienone is 1. The Labute approximate surface area is 158 Å². The molecule has 134 valence electrons. The maximum absolute atomic E-state index is 10.4.